The Morgan fingerprint density at radius 2 is 1.74 bits per heavy atom. The maximum atomic E-state index is 12.6. The van der Waals surface area contributed by atoms with E-state index in [0.717, 1.165) is 43.8 Å². The number of rotatable bonds is 9. The van der Waals surface area contributed by atoms with Gasteiger partial charge in [-0.2, -0.15) is 0 Å². The van der Waals surface area contributed by atoms with Crippen LogP contribution in [-0.4, -0.2) is 56.2 Å². The number of carbonyl (C=O) groups is 2. The number of nitrogens with zero attached hydrogens (tertiary/aromatic N) is 1. The summed E-state index contributed by atoms with van der Waals surface area (Å²) in [5.41, 5.74) is 9.25. The molecule has 0 aliphatic carbocycles. The zero-order chi connectivity index (χ0) is 26.3. The molecular weight excluding hydrogens is 484 g/mol. The van der Waals surface area contributed by atoms with Gasteiger partial charge < -0.3 is 30.3 Å². The summed E-state index contributed by atoms with van der Waals surface area (Å²) in [5, 5.41) is 6.49. The van der Waals surface area contributed by atoms with Crippen LogP contribution in [0, 0.1) is 0 Å². The molecule has 9 nitrogen and oxygen atoms in total. The van der Waals surface area contributed by atoms with E-state index in [2.05, 4.69) is 21.6 Å². The Bertz CT molecular complexity index is 1410. The van der Waals surface area contributed by atoms with E-state index in [1.807, 2.05) is 12.1 Å². The van der Waals surface area contributed by atoms with Gasteiger partial charge in [-0.3, -0.25) is 14.5 Å². The fraction of sp³-hybridized carbons (Fsp3) is 0.241. The molecule has 4 aromatic rings. The summed E-state index contributed by atoms with van der Waals surface area (Å²) in [6.45, 7) is 4.72. The van der Waals surface area contributed by atoms with Crippen LogP contribution in [0.15, 0.2) is 77.2 Å². The van der Waals surface area contributed by atoms with Gasteiger partial charge in [-0.05, 0) is 54.1 Å². The highest BCUT2D eigenvalue weighted by molar-refractivity contribution is 6.05. The molecule has 0 radical (unpaired) electrons. The standard InChI is InChI=1S/C29H30N4O5/c30-24-3-1-2-4-25(24)32-28(34)21-7-9-23(10-8-21)37-14-11-31-29(35)27-18-22-6-5-20(17-26(22)38-27)19-33-12-15-36-16-13-33/h1-10,17-18H,11-16,19,30H2,(H,31,35)(H,32,34). The van der Waals surface area contributed by atoms with Crippen LogP contribution in [0.2, 0.25) is 0 Å². The fourth-order valence-corrected chi connectivity index (χ4v) is 4.23. The summed E-state index contributed by atoms with van der Waals surface area (Å²) < 4.78 is 16.9. The van der Waals surface area contributed by atoms with Gasteiger partial charge in [0.1, 0.15) is 17.9 Å². The van der Waals surface area contributed by atoms with Gasteiger partial charge >= 0.3 is 0 Å². The summed E-state index contributed by atoms with van der Waals surface area (Å²) in [5.74, 6) is 0.289. The quantitative estimate of drug-likeness (QED) is 0.229. The number of amides is 2. The minimum atomic E-state index is -0.299. The van der Waals surface area contributed by atoms with Crippen LogP contribution in [0.3, 0.4) is 0 Å². The van der Waals surface area contributed by atoms with Gasteiger partial charge in [0.15, 0.2) is 5.76 Å². The molecule has 5 rings (SSSR count). The highest BCUT2D eigenvalue weighted by Gasteiger charge is 2.15. The third kappa shape index (κ3) is 6.31. The molecule has 0 atom stereocenters. The van der Waals surface area contributed by atoms with Crippen molar-refractivity contribution in [3.8, 4) is 5.75 Å². The molecule has 2 amide bonds. The zero-order valence-corrected chi connectivity index (χ0v) is 20.9. The van der Waals surface area contributed by atoms with E-state index in [1.165, 1.54) is 0 Å². The predicted octanol–water partition coefficient (Wildman–Crippen LogP) is 3.91. The minimum absolute atomic E-state index is 0.262. The van der Waals surface area contributed by atoms with Crippen molar-refractivity contribution >= 4 is 34.2 Å². The van der Waals surface area contributed by atoms with Crippen molar-refractivity contribution in [3.63, 3.8) is 0 Å². The third-order valence-corrected chi connectivity index (χ3v) is 6.30. The maximum absolute atomic E-state index is 12.6. The molecule has 38 heavy (non-hydrogen) atoms. The second-order valence-electron chi connectivity index (χ2n) is 9.04. The van der Waals surface area contributed by atoms with Crippen LogP contribution in [0.25, 0.3) is 11.0 Å². The average Bonchev–Trinajstić information content (AvgIpc) is 3.37. The number of nitrogen functional groups attached to an aromatic ring is 1. The normalized spacial score (nSPS) is 13.8. The Hall–Kier alpha value is -4.34. The maximum Gasteiger partial charge on any atom is 0.287 e. The van der Waals surface area contributed by atoms with Gasteiger partial charge in [-0.15, -0.1) is 0 Å². The average molecular weight is 515 g/mol. The molecular formula is C29H30N4O5. The Labute approximate surface area is 220 Å². The predicted molar refractivity (Wildman–Crippen MR) is 145 cm³/mol. The van der Waals surface area contributed by atoms with Crippen molar-refractivity contribution in [1.29, 1.82) is 0 Å². The van der Waals surface area contributed by atoms with E-state index in [9.17, 15) is 9.59 Å². The number of nitrogens with one attached hydrogen (secondary N) is 2. The first-order valence-corrected chi connectivity index (χ1v) is 12.5. The number of fused-ring (bicyclic) bond motifs is 1. The van der Waals surface area contributed by atoms with Crippen LogP contribution in [0.5, 0.6) is 5.75 Å². The number of ether oxygens (including phenoxy) is 2. The first-order chi connectivity index (χ1) is 18.5. The van der Waals surface area contributed by atoms with Gasteiger partial charge in [0.2, 0.25) is 0 Å². The monoisotopic (exact) mass is 514 g/mol. The van der Waals surface area contributed by atoms with Crippen LogP contribution in [0.1, 0.15) is 26.5 Å². The van der Waals surface area contributed by atoms with E-state index in [-0.39, 0.29) is 24.2 Å². The van der Waals surface area contributed by atoms with E-state index < -0.39 is 0 Å². The van der Waals surface area contributed by atoms with Gasteiger partial charge in [-0.1, -0.05) is 24.3 Å². The number of hydrogen-bond donors (Lipinski definition) is 3. The number of morpholine rings is 1. The van der Waals surface area contributed by atoms with Crippen LogP contribution in [0.4, 0.5) is 11.4 Å². The van der Waals surface area contributed by atoms with Crippen LogP contribution in [-0.2, 0) is 11.3 Å². The molecule has 9 heteroatoms. The molecule has 1 saturated heterocycles. The molecule has 3 aromatic carbocycles. The number of benzene rings is 3. The van der Waals surface area contributed by atoms with Crippen molar-refractivity contribution < 1.29 is 23.5 Å². The van der Waals surface area contributed by atoms with E-state index in [1.54, 1.807) is 54.6 Å². The largest absolute Gasteiger partial charge is 0.492 e. The minimum Gasteiger partial charge on any atom is -0.492 e. The molecule has 0 saturated carbocycles. The molecule has 1 aliphatic rings. The molecule has 0 bridgehead atoms. The lowest BCUT2D eigenvalue weighted by atomic mass is 10.1. The zero-order valence-electron chi connectivity index (χ0n) is 20.9. The Morgan fingerprint density at radius 3 is 2.53 bits per heavy atom. The molecule has 2 heterocycles. The smallest absolute Gasteiger partial charge is 0.287 e. The van der Waals surface area contributed by atoms with Crippen molar-refractivity contribution in [2.45, 2.75) is 6.54 Å². The molecule has 1 fully saturated rings. The molecule has 1 aromatic heterocycles. The first kappa shape index (κ1) is 25.3. The van der Waals surface area contributed by atoms with Crippen molar-refractivity contribution in [1.82, 2.24) is 10.2 Å². The molecule has 196 valence electrons. The van der Waals surface area contributed by atoms with Gasteiger partial charge in [-0.25, -0.2) is 0 Å². The molecule has 0 spiro atoms. The lowest BCUT2D eigenvalue weighted by molar-refractivity contribution is 0.0342. The topological polar surface area (TPSA) is 119 Å². The fourth-order valence-electron chi connectivity index (χ4n) is 4.23. The summed E-state index contributed by atoms with van der Waals surface area (Å²) in [6, 6.07) is 21.6. The number of anilines is 2. The van der Waals surface area contributed by atoms with E-state index >= 15 is 0 Å². The first-order valence-electron chi connectivity index (χ1n) is 12.5. The number of para-hydroxylation sites is 2. The van der Waals surface area contributed by atoms with Gasteiger partial charge in [0.25, 0.3) is 11.8 Å². The lowest BCUT2D eigenvalue weighted by Crippen LogP contribution is -2.35. The summed E-state index contributed by atoms with van der Waals surface area (Å²) in [6.07, 6.45) is 0. The molecule has 0 unspecified atom stereocenters. The summed E-state index contributed by atoms with van der Waals surface area (Å²) >= 11 is 0. The van der Waals surface area contributed by atoms with Crippen molar-refractivity contribution in [2.24, 2.45) is 0 Å². The Balaban J connectivity index is 1.08. The summed E-state index contributed by atoms with van der Waals surface area (Å²) in [4.78, 5) is 27.4. The molecule has 1 aliphatic heterocycles. The second-order valence-corrected chi connectivity index (χ2v) is 9.04. The summed E-state index contributed by atoms with van der Waals surface area (Å²) in [7, 11) is 0. The van der Waals surface area contributed by atoms with Crippen LogP contribution >= 0.6 is 0 Å². The Kier molecular flexibility index (Phi) is 7.86. The van der Waals surface area contributed by atoms with Gasteiger partial charge in [0.05, 0.1) is 31.1 Å². The molecule has 4 N–H and O–H groups in total. The third-order valence-electron chi connectivity index (χ3n) is 6.30. The number of hydrogen-bond acceptors (Lipinski definition) is 7. The SMILES string of the molecule is Nc1ccccc1NC(=O)c1ccc(OCCNC(=O)c2cc3ccc(CN4CCOCC4)cc3o2)cc1. The van der Waals surface area contributed by atoms with Crippen molar-refractivity contribution in [2.75, 3.05) is 50.5 Å². The van der Waals surface area contributed by atoms with E-state index in [4.69, 9.17) is 19.6 Å². The number of carbonyl (C=O) groups excluding carboxylic acids is 2. The lowest BCUT2D eigenvalue weighted by Gasteiger charge is -2.26. The number of furan rings is 1. The van der Waals surface area contributed by atoms with Crippen molar-refractivity contribution in [3.05, 3.63) is 89.7 Å². The highest BCUT2D eigenvalue weighted by Crippen LogP contribution is 2.22. The number of nitrogens with two attached hydrogens (primary N) is 1. The second kappa shape index (κ2) is 11.8. The van der Waals surface area contributed by atoms with Crippen LogP contribution < -0.4 is 21.1 Å². The van der Waals surface area contributed by atoms with Gasteiger partial charge in [0, 0.05) is 30.6 Å². The Morgan fingerprint density at radius 1 is 0.947 bits per heavy atom. The highest BCUT2D eigenvalue weighted by atomic mass is 16.5. The van der Waals surface area contributed by atoms with E-state index in [0.29, 0.717) is 34.8 Å².